The predicted octanol–water partition coefficient (Wildman–Crippen LogP) is 4.35. The maximum atomic E-state index is 13.4. The second kappa shape index (κ2) is 7.09. The van der Waals surface area contributed by atoms with Crippen LogP contribution in [-0.2, 0) is 19.1 Å². The monoisotopic (exact) mass is 362 g/mol. The zero-order valence-electron chi connectivity index (χ0n) is 16.8. The zero-order chi connectivity index (χ0) is 19.1. The largest absolute Gasteiger partial charge is 0.463 e. The van der Waals surface area contributed by atoms with Crippen molar-refractivity contribution in [1.29, 1.82) is 0 Å². The molecule has 7 atom stereocenters. The van der Waals surface area contributed by atoms with E-state index in [-0.39, 0.29) is 34.7 Å². The molecule has 0 aromatic heterocycles. The van der Waals surface area contributed by atoms with Crippen LogP contribution in [-0.4, -0.2) is 24.1 Å². The molecule has 26 heavy (non-hydrogen) atoms. The number of carbonyl (C=O) groups is 3. The molecular formula is C22H34O4. The summed E-state index contributed by atoms with van der Waals surface area (Å²) >= 11 is 0. The van der Waals surface area contributed by atoms with E-state index in [1.54, 1.807) is 0 Å². The first-order valence-corrected chi connectivity index (χ1v) is 10.4. The van der Waals surface area contributed by atoms with Crippen LogP contribution < -0.4 is 0 Å². The fraction of sp³-hybridized carbons (Fsp3) is 0.864. The molecule has 3 rings (SSSR count). The van der Waals surface area contributed by atoms with Crippen molar-refractivity contribution < 1.29 is 19.1 Å². The van der Waals surface area contributed by atoms with E-state index in [0.717, 1.165) is 51.2 Å². The van der Waals surface area contributed by atoms with Gasteiger partial charge in [0.15, 0.2) is 0 Å². The van der Waals surface area contributed by atoms with E-state index in [4.69, 9.17) is 4.74 Å². The zero-order valence-corrected chi connectivity index (χ0v) is 16.8. The number of Topliss-reactive ketones (excluding diaryl/α,β-unsaturated/α-hetero) is 1. The first-order valence-electron chi connectivity index (χ1n) is 10.4. The highest BCUT2D eigenvalue weighted by Crippen LogP contribution is 2.61. The standard InChI is InChI=1S/C22H34O4/c1-14(9-12-23)21(3)11-8-19-18(20(21)25)6-5-16-13-17(26-15(2)24)7-10-22(16,19)4/h12,14,16-19H,5-11,13H2,1-4H3/t14-,16+,17-,18+,19-,21+,22-/m0/s1. The highest BCUT2D eigenvalue weighted by atomic mass is 16.5. The van der Waals surface area contributed by atoms with Crippen molar-refractivity contribution in [3.8, 4) is 0 Å². The van der Waals surface area contributed by atoms with Gasteiger partial charge in [-0.2, -0.15) is 0 Å². The van der Waals surface area contributed by atoms with E-state index in [1.807, 2.05) is 0 Å². The summed E-state index contributed by atoms with van der Waals surface area (Å²) in [7, 11) is 0. The van der Waals surface area contributed by atoms with Gasteiger partial charge < -0.3 is 9.53 Å². The molecular weight excluding hydrogens is 328 g/mol. The molecule has 146 valence electrons. The molecule has 0 spiro atoms. The molecule has 0 aliphatic heterocycles. The Labute approximate surface area is 157 Å². The minimum absolute atomic E-state index is 0.0549. The molecule has 0 aromatic rings. The Kier molecular flexibility index (Phi) is 5.33. The lowest BCUT2D eigenvalue weighted by molar-refractivity contribution is -0.163. The number of ketones is 1. The van der Waals surface area contributed by atoms with Crippen LogP contribution in [0.15, 0.2) is 0 Å². The van der Waals surface area contributed by atoms with Gasteiger partial charge in [0.05, 0.1) is 0 Å². The Hall–Kier alpha value is -1.19. The summed E-state index contributed by atoms with van der Waals surface area (Å²) in [5.41, 5.74) is -0.162. The second-order valence-electron chi connectivity index (χ2n) is 9.62. The first kappa shape index (κ1) is 19.6. The van der Waals surface area contributed by atoms with Crippen molar-refractivity contribution >= 4 is 18.0 Å². The molecule has 0 N–H and O–H groups in total. The number of fused-ring (bicyclic) bond motifs is 3. The third-order valence-corrected chi connectivity index (χ3v) is 8.39. The summed E-state index contributed by atoms with van der Waals surface area (Å²) in [6, 6.07) is 0. The maximum absolute atomic E-state index is 13.4. The molecule has 3 aliphatic rings. The van der Waals surface area contributed by atoms with E-state index >= 15 is 0 Å². The molecule has 4 heteroatoms. The minimum Gasteiger partial charge on any atom is -0.463 e. The molecule has 4 nitrogen and oxygen atoms in total. The van der Waals surface area contributed by atoms with Crippen molar-refractivity contribution in [2.75, 3.05) is 0 Å². The van der Waals surface area contributed by atoms with Crippen molar-refractivity contribution in [3.63, 3.8) is 0 Å². The summed E-state index contributed by atoms with van der Waals surface area (Å²) in [5, 5.41) is 0. The third-order valence-electron chi connectivity index (χ3n) is 8.39. The van der Waals surface area contributed by atoms with Gasteiger partial charge in [0.25, 0.3) is 0 Å². The third kappa shape index (κ3) is 3.14. The first-order chi connectivity index (χ1) is 12.2. The van der Waals surface area contributed by atoms with Crippen LogP contribution in [0.5, 0.6) is 0 Å². The average Bonchev–Trinajstić information content (AvgIpc) is 2.58. The molecule has 0 radical (unpaired) electrons. The molecule has 0 bridgehead atoms. The predicted molar refractivity (Wildman–Crippen MR) is 99.4 cm³/mol. The normalized spacial score (nSPS) is 43.8. The van der Waals surface area contributed by atoms with Crippen LogP contribution in [0.2, 0.25) is 0 Å². The average molecular weight is 363 g/mol. The Morgan fingerprint density at radius 3 is 2.62 bits per heavy atom. The number of esters is 1. The second-order valence-corrected chi connectivity index (χ2v) is 9.62. The van der Waals surface area contributed by atoms with E-state index in [1.165, 1.54) is 6.92 Å². The molecule has 0 heterocycles. The molecule has 0 unspecified atom stereocenters. The van der Waals surface area contributed by atoms with Gasteiger partial charge in [0.1, 0.15) is 18.2 Å². The van der Waals surface area contributed by atoms with Crippen LogP contribution in [0, 0.1) is 34.5 Å². The van der Waals surface area contributed by atoms with Gasteiger partial charge in [0, 0.05) is 24.7 Å². The fourth-order valence-electron chi connectivity index (χ4n) is 6.44. The number of rotatable bonds is 4. The van der Waals surface area contributed by atoms with Gasteiger partial charge >= 0.3 is 5.97 Å². The lowest BCUT2D eigenvalue weighted by atomic mass is 9.46. The number of hydrogen-bond acceptors (Lipinski definition) is 4. The van der Waals surface area contributed by atoms with Crippen LogP contribution >= 0.6 is 0 Å². The minimum atomic E-state index is -0.347. The highest BCUT2D eigenvalue weighted by molar-refractivity contribution is 5.88. The molecule has 0 amide bonds. The maximum Gasteiger partial charge on any atom is 0.302 e. The van der Waals surface area contributed by atoms with Gasteiger partial charge in [-0.05, 0) is 68.1 Å². The summed E-state index contributed by atoms with van der Waals surface area (Å²) in [6.07, 6.45) is 8.41. The Morgan fingerprint density at radius 2 is 1.96 bits per heavy atom. The Bertz CT molecular complexity index is 585. The summed E-state index contributed by atoms with van der Waals surface area (Å²) < 4.78 is 5.49. The van der Waals surface area contributed by atoms with Gasteiger partial charge in [-0.1, -0.05) is 20.8 Å². The van der Waals surface area contributed by atoms with Crippen LogP contribution in [0.4, 0.5) is 0 Å². The summed E-state index contributed by atoms with van der Waals surface area (Å²) in [5.74, 6) is 1.49. The van der Waals surface area contributed by atoms with E-state index in [0.29, 0.717) is 24.0 Å². The smallest absolute Gasteiger partial charge is 0.302 e. The van der Waals surface area contributed by atoms with Gasteiger partial charge in [-0.15, -0.1) is 0 Å². The summed E-state index contributed by atoms with van der Waals surface area (Å²) in [4.78, 5) is 35.7. The van der Waals surface area contributed by atoms with Crippen LogP contribution in [0.1, 0.15) is 79.1 Å². The lowest BCUT2D eigenvalue weighted by Crippen LogP contribution is -2.56. The molecule has 3 aliphatic carbocycles. The summed E-state index contributed by atoms with van der Waals surface area (Å²) in [6.45, 7) is 8.02. The molecule has 0 saturated heterocycles. The van der Waals surface area contributed by atoms with Crippen molar-refractivity contribution in [1.82, 2.24) is 0 Å². The molecule has 0 aromatic carbocycles. The van der Waals surface area contributed by atoms with E-state index in [2.05, 4.69) is 20.8 Å². The van der Waals surface area contributed by atoms with E-state index < -0.39 is 0 Å². The number of hydrogen-bond donors (Lipinski definition) is 0. The van der Waals surface area contributed by atoms with Gasteiger partial charge in [0.2, 0.25) is 0 Å². The molecule has 3 fully saturated rings. The molecule has 3 saturated carbocycles. The Morgan fingerprint density at radius 1 is 1.23 bits per heavy atom. The van der Waals surface area contributed by atoms with Gasteiger partial charge in [-0.25, -0.2) is 0 Å². The van der Waals surface area contributed by atoms with Crippen molar-refractivity contribution in [2.24, 2.45) is 34.5 Å². The van der Waals surface area contributed by atoms with Crippen molar-refractivity contribution in [2.45, 2.75) is 85.2 Å². The number of carbonyl (C=O) groups excluding carboxylic acids is 3. The number of ether oxygens (including phenoxy) is 1. The number of aldehydes is 1. The lowest BCUT2D eigenvalue weighted by Gasteiger charge is -2.58. The van der Waals surface area contributed by atoms with Crippen LogP contribution in [0.25, 0.3) is 0 Å². The highest BCUT2D eigenvalue weighted by Gasteiger charge is 2.57. The Balaban J connectivity index is 1.76. The fourth-order valence-corrected chi connectivity index (χ4v) is 6.44. The topological polar surface area (TPSA) is 60.4 Å². The SMILES string of the molecule is CC(=O)O[C@H]1CC[C@@]2(C)[C@H](CC[C@H]3C(=O)[C@@](C)([C@@H](C)CC=O)CC[C@@H]32)C1. The van der Waals surface area contributed by atoms with Crippen molar-refractivity contribution in [3.05, 3.63) is 0 Å². The van der Waals surface area contributed by atoms with E-state index in [9.17, 15) is 14.4 Å². The quantitative estimate of drug-likeness (QED) is 0.551. The van der Waals surface area contributed by atoms with Crippen LogP contribution in [0.3, 0.4) is 0 Å². The van der Waals surface area contributed by atoms with Gasteiger partial charge in [-0.3, -0.25) is 9.59 Å².